The van der Waals surface area contributed by atoms with Gasteiger partial charge in [0.15, 0.2) is 0 Å². The van der Waals surface area contributed by atoms with E-state index in [-0.39, 0.29) is 11.9 Å². The standard InChI is InChI=1S/C18H25N3O2/c1-11-7-8-17(23-6)16(9-11)12(2)19-18(22)10-15-13(3)20-21(5)14(15)4/h7-9,12H,10H2,1-6H3,(H,19,22). The minimum atomic E-state index is -0.116. The summed E-state index contributed by atoms with van der Waals surface area (Å²) in [7, 11) is 3.54. The molecule has 0 aliphatic rings. The van der Waals surface area contributed by atoms with Crippen LogP contribution in [0.4, 0.5) is 0 Å². The number of aryl methyl sites for hydroxylation is 3. The summed E-state index contributed by atoms with van der Waals surface area (Å²) in [6, 6.07) is 5.86. The van der Waals surface area contributed by atoms with Crippen molar-refractivity contribution in [3.8, 4) is 5.75 Å². The molecule has 5 nitrogen and oxygen atoms in total. The van der Waals surface area contributed by atoms with Gasteiger partial charge < -0.3 is 10.1 Å². The first-order chi connectivity index (χ1) is 10.8. The number of methoxy groups -OCH3 is 1. The van der Waals surface area contributed by atoms with Crippen molar-refractivity contribution >= 4 is 5.91 Å². The molecule has 1 atom stereocenters. The van der Waals surface area contributed by atoms with Gasteiger partial charge in [-0.2, -0.15) is 5.10 Å². The quantitative estimate of drug-likeness (QED) is 0.923. The van der Waals surface area contributed by atoms with Gasteiger partial charge in [0.05, 0.1) is 25.3 Å². The molecule has 1 heterocycles. The van der Waals surface area contributed by atoms with E-state index >= 15 is 0 Å². The summed E-state index contributed by atoms with van der Waals surface area (Å²) < 4.78 is 7.21. The SMILES string of the molecule is COc1ccc(C)cc1C(C)NC(=O)Cc1c(C)nn(C)c1C. The topological polar surface area (TPSA) is 56.1 Å². The summed E-state index contributed by atoms with van der Waals surface area (Å²) in [4.78, 5) is 12.4. The summed E-state index contributed by atoms with van der Waals surface area (Å²) in [6.07, 6.45) is 0.337. The van der Waals surface area contributed by atoms with E-state index in [1.165, 1.54) is 0 Å². The van der Waals surface area contributed by atoms with Gasteiger partial charge in [-0.05, 0) is 33.8 Å². The van der Waals surface area contributed by atoms with E-state index in [0.717, 1.165) is 33.8 Å². The number of rotatable bonds is 5. The normalized spacial score (nSPS) is 12.1. The minimum Gasteiger partial charge on any atom is -0.496 e. The van der Waals surface area contributed by atoms with E-state index < -0.39 is 0 Å². The van der Waals surface area contributed by atoms with Gasteiger partial charge in [0.2, 0.25) is 5.91 Å². The van der Waals surface area contributed by atoms with E-state index in [4.69, 9.17) is 4.74 Å². The Morgan fingerprint density at radius 3 is 2.61 bits per heavy atom. The first kappa shape index (κ1) is 17.1. The van der Waals surface area contributed by atoms with Gasteiger partial charge in [0.1, 0.15) is 5.75 Å². The Morgan fingerprint density at radius 1 is 1.35 bits per heavy atom. The monoisotopic (exact) mass is 315 g/mol. The predicted molar refractivity (Wildman–Crippen MR) is 90.7 cm³/mol. The number of nitrogens with one attached hydrogen (secondary N) is 1. The third-order valence-corrected chi connectivity index (χ3v) is 4.23. The van der Waals surface area contributed by atoms with Crippen molar-refractivity contribution in [2.75, 3.05) is 7.11 Å². The van der Waals surface area contributed by atoms with Crippen molar-refractivity contribution in [1.82, 2.24) is 15.1 Å². The molecule has 0 saturated heterocycles. The maximum Gasteiger partial charge on any atom is 0.225 e. The fourth-order valence-electron chi connectivity index (χ4n) is 2.80. The number of nitrogens with zero attached hydrogens (tertiary/aromatic N) is 2. The van der Waals surface area contributed by atoms with Gasteiger partial charge in [-0.1, -0.05) is 17.7 Å². The second kappa shape index (κ2) is 6.86. The highest BCUT2D eigenvalue weighted by atomic mass is 16.5. The van der Waals surface area contributed by atoms with Gasteiger partial charge in [0.25, 0.3) is 0 Å². The van der Waals surface area contributed by atoms with Gasteiger partial charge in [0, 0.05) is 23.9 Å². The van der Waals surface area contributed by atoms with E-state index in [0.29, 0.717) is 6.42 Å². The molecular formula is C18H25N3O2. The highest BCUT2D eigenvalue weighted by molar-refractivity contribution is 5.79. The molecule has 1 amide bonds. The highest BCUT2D eigenvalue weighted by Gasteiger charge is 2.17. The second-order valence-corrected chi connectivity index (χ2v) is 5.98. The molecule has 0 aliphatic heterocycles. The van der Waals surface area contributed by atoms with E-state index in [2.05, 4.69) is 10.4 Å². The molecule has 5 heteroatoms. The fraction of sp³-hybridized carbons (Fsp3) is 0.444. The number of carbonyl (C=O) groups excluding carboxylic acids is 1. The summed E-state index contributed by atoms with van der Waals surface area (Å²) in [5, 5.41) is 7.41. The van der Waals surface area contributed by atoms with Crippen LogP contribution in [0.15, 0.2) is 18.2 Å². The lowest BCUT2D eigenvalue weighted by Gasteiger charge is -2.18. The van der Waals surface area contributed by atoms with Crippen molar-refractivity contribution in [2.45, 2.75) is 40.2 Å². The Hall–Kier alpha value is -2.30. The highest BCUT2D eigenvalue weighted by Crippen LogP contribution is 2.26. The molecular weight excluding hydrogens is 290 g/mol. The molecule has 124 valence electrons. The third-order valence-electron chi connectivity index (χ3n) is 4.23. The lowest BCUT2D eigenvalue weighted by atomic mass is 10.0. The van der Waals surface area contributed by atoms with Gasteiger partial charge in [-0.25, -0.2) is 0 Å². The van der Waals surface area contributed by atoms with Crippen LogP contribution in [0.3, 0.4) is 0 Å². The molecule has 1 aromatic carbocycles. The summed E-state index contributed by atoms with van der Waals surface area (Å²) >= 11 is 0. The molecule has 0 aliphatic carbocycles. The average Bonchev–Trinajstić information content (AvgIpc) is 2.73. The fourth-order valence-corrected chi connectivity index (χ4v) is 2.80. The number of carbonyl (C=O) groups is 1. The van der Waals surface area contributed by atoms with Gasteiger partial charge >= 0.3 is 0 Å². The third kappa shape index (κ3) is 3.73. The zero-order valence-corrected chi connectivity index (χ0v) is 14.7. The first-order valence-electron chi connectivity index (χ1n) is 7.76. The van der Waals surface area contributed by atoms with Crippen LogP contribution < -0.4 is 10.1 Å². The van der Waals surface area contributed by atoms with E-state index in [1.54, 1.807) is 7.11 Å². The number of hydrogen-bond acceptors (Lipinski definition) is 3. The summed E-state index contributed by atoms with van der Waals surface area (Å²) in [6.45, 7) is 7.91. The molecule has 0 saturated carbocycles. The van der Waals surface area contributed by atoms with Crippen LogP contribution >= 0.6 is 0 Å². The Labute approximate surface area is 137 Å². The number of amides is 1. The van der Waals surface area contributed by atoms with E-state index in [9.17, 15) is 4.79 Å². The van der Waals surface area contributed by atoms with Crippen LogP contribution in [0.2, 0.25) is 0 Å². The Kier molecular flexibility index (Phi) is 5.08. The second-order valence-electron chi connectivity index (χ2n) is 5.98. The van der Waals surface area contributed by atoms with Crippen LogP contribution in [0.1, 0.15) is 41.0 Å². The van der Waals surface area contributed by atoms with Crippen LogP contribution in [-0.4, -0.2) is 22.8 Å². The van der Waals surface area contributed by atoms with Crippen LogP contribution in [0, 0.1) is 20.8 Å². The van der Waals surface area contributed by atoms with Crippen LogP contribution in [-0.2, 0) is 18.3 Å². The number of aromatic nitrogens is 2. The molecule has 23 heavy (non-hydrogen) atoms. The molecule has 2 aromatic rings. The van der Waals surface area contributed by atoms with Crippen LogP contribution in [0.25, 0.3) is 0 Å². The van der Waals surface area contributed by atoms with Crippen molar-refractivity contribution in [3.63, 3.8) is 0 Å². The minimum absolute atomic E-state index is 0.0136. The first-order valence-corrected chi connectivity index (χ1v) is 7.76. The molecule has 0 fully saturated rings. The Balaban J connectivity index is 2.12. The Morgan fingerprint density at radius 2 is 2.04 bits per heavy atom. The lowest BCUT2D eigenvalue weighted by Crippen LogP contribution is -2.28. The molecule has 0 bridgehead atoms. The number of ether oxygens (including phenoxy) is 1. The van der Waals surface area contributed by atoms with Gasteiger partial charge in [-0.3, -0.25) is 9.48 Å². The smallest absolute Gasteiger partial charge is 0.225 e. The average molecular weight is 315 g/mol. The summed E-state index contributed by atoms with van der Waals surface area (Å²) in [5.41, 5.74) is 5.05. The van der Waals surface area contributed by atoms with Crippen molar-refractivity contribution in [3.05, 3.63) is 46.3 Å². The molecule has 1 N–H and O–H groups in total. The lowest BCUT2D eigenvalue weighted by molar-refractivity contribution is -0.121. The van der Waals surface area contributed by atoms with Gasteiger partial charge in [-0.15, -0.1) is 0 Å². The maximum atomic E-state index is 12.4. The number of hydrogen-bond donors (Lipinski definition) is 1. The van der Waals surface area contributed by atoms with Crippen LogP contribution in [0.5, 0.6) is 5.75 Å². The molecule has 2 rings (SSSR count). The maximum absolute atomic E-state index is 12.4. The zero-order valence-electron chi connectivity index (χ0n) is 14.7. The molecule has 0 radical (unpaired) electrons. The Bertz CT molecular complexity index is 719. The number of benzene rings is 1. The van der Waals surface area contributed by atoms with Crippen molar-refractivity contribution in [1.29, 1.82) is 0 Å². The van der Waals surface area contributed by atoms with E-state index in [1.807, 2.05) is 57.6 Å². The summed E-state index contributed by atoms with van der Waals surface area (Å²) in [5.74, 6) is 0.775. The van der Waals surface area contributed by atoms with Crippen molar-refractivity contribution in [2.24, 2.45) is 7.05 Å². The molecule has 1 aromatic heterocycles. The molecule has 1 unspecified atom stereocenters. The molecule has 0 spiro atoms. The largest absolute Gasteiger partial charge is 0.496 e. The zero-order chi connectivity index (χ0) is 17.1. The predicted octanol–water partition coefficient (Wildman–Crippen LogP) is 2.77. The van der Waals surface area contributed by atoms with Crippen molar-refractivity contribution < 1.29 is 9.53 Å².